The minimum absolute atomic E-state index is 0.375. The average molecular weight is 897 g/mol. The summed E-state index contributed by atoms with van der Waals surface area (Å²) >= 11 is 26.7. The van der Waals surface area contributed by atoms with Crippen LogP contribution in [0.3, 0.4) is 0 Å². The van der Waals surface area contributed by atoms with Crippen LogP contribution in [0.15, 0.2) is 0 Å². The molecule has 0 aromatic carbocycles. The van der Waals surface area contributed by atoms with Gasteiger partial charge in [-0.1, -0.05) is 163 Å². The van der Waals surface area contributed by atoms with Crippen LogP contribution in [0.4, 0.5) is 0 Å². The highest BCUT2D eigenvalue weighted by Crippen LogP contribution is 2.56. The van der Waals surface area contributed by atoms with Crippen molar-refractivity contribution in [3.63, 3.8) is 0 Å². The van der Waals surface area contributed by atoms with E-state index in [1.54, 1.807) is 0 Å². The molecule has 0 aliphatic rings. The highest BCUT2D eigenvalue weighted by Gasteiger charge is 2.40. The first-order valence-electron chi connectivity index (χ1n) is 2.04. The third kappa shape index (κ3) is 15.1. The molecule has 0 rings (SSSR count). The Hall–Kier alpha value is 5.07. The van der Waals surface area contributed by atoms with Crippen molar-refractivity contribution in [2.24, 2.45) is 0 Å². The maximum atomic E-state index is 3.29. The second-order valence-electron chi connectivity index (χ2n) is 1.24. The molecule has 0 atom stereocenters. The van der Waals surface area contributed by atoms with Crippen LogP contribution >= 0.6 is 163 Å². The van der Waals surface area contributed by atoms with Gasteiger partial charge in [-0.3, -0.25) is 0 Å². The summed E-state index contributed by atoms with van der Waals surface area (Å²) in [4.78, 5) is 0. The second kappa shape index (κ2) is 9.06. The zero-order chi connectivity index (χ0) is 10.6. The molecule has 0 unspecified atom stereocenters. The molecule has 0 nitrogen and oxygen atoms in total. The lowest BCUT2D eigenvalue weighted by molar-refractivity contribution is 1.34. The Morgan fingerprint density at radius 2 is 0.750 bits per heavy atom. The van der Waals surface area contributed by atoms with E-state index < -0.39 is 0 Å². The fourth-order valence-corrected chi connectivity index (χ4v) is 0. The van der Waals surface area contributed by atoms with E-state index in [9.17, 15) is 0 Å². The minimum Gasteiger partial charge on any atom is -0.0592 e. The zero-order valence-electron chi connectivity index (χ0n) is 4.98. The van der Waals surface area contributed by atoms with Gasteiger partial charge in [0.25, 0.3) is 0 Å². The number of hydrogen-bond donors (Lipinski definition) is 0. The van der Waals surface area contributed by atoms with Gasteiger partial charge in [0.05, 0.1) is 0 Å². The van der Waals surface area contributed by atoms with Crippen molar-refractivity contribution in [1.82, 2.24) is 0 Å². The van der Waals surface area contributed by atoms with Crippen molar-refractivity contribution in [2.75, 3.05) is 0 Å². The first kappa shape index (κ1) is 19.4. The maximum Gasteiger partial charge on any atom is 0.169 e. The lowest BCUT2D eigenvalue weighted by Gasteiger charge is -2.22. The Balaban J connectivity index is 0. The SMILES string of the molecule is BrC(Br)(Br)C(Br)(Br)Br.IC(I)I. The fourth-order valence-electron chi connectivity index (χ4n) is 0. The Bertz CT molecular complexity index is 99.4. The Kier molecular flexibility index (Phi) is 14.7. The van der Waals surface area contributed by atoms with Gasteiger partial charge >= 0.3 is 0 Å². The Morgan fingerprint density at radius 3 is 0.750 bits per heavy atom. The van der Waals surface area contributed by atoms with Crippen LogP contribution in [-0.4, -0.2) is 4.22 Å². The van der Waals surface area contributed by atoms with Crippen LogP contribution in [0.25, 0.3) is 0 Å². The van der Waals surface area contributed by atoms with E-state index in [4.69, 9.17) is 0 Å². The van der Waals surface area contributed by atoms with Crippen LogP contribution in [0, 0.1) is 0 Å². The van der Waals surface area contributed by atoms with Crippen LogP contribution in [0.2, 0.25) is 0 Å². The zero-order valence-corrected chi connectivity index (χ0v) is 21.0. The summed E-state index contributed by atoms with van der Waals surface area (Å²) in [5, 5.41) is 0. The first-order chi connectivity index (χ1) is 4.98. The third-order valence-electron chi connectivity index (χ3n) is 0.321. The molecule has 0 heterocycles. The molecule has 12 heavy (non-hydrogen) atoms. The Labute approximate surface area is 163 Å². The van der Waals surface area contributed by atoms with Crippen LogP contribution in [-0.2, 0) is 0 Å². The van der Waals surface area contributed by atoms with E-state index in [0.717, 1.165) is -0.0619 Å². The molecule has 0 radical (unpaired) electrons. The third-order valence-corrected chi connectivity index (χ3v) is 8.68. The highest BCUT2D eigenvalue weighted by molar-refractivity contribution is 14.3. The molecule has 0 aromatic rings. The summed E-state index contributed by atoms with van der Waals surface area (Å²) in [6.45, 7) is 0. The largest absolute Gasteiger partial charge is 0.169 e. The van der Waals surface area contributed by atoms with E-state index in [1.807, 2.05) is 0 Å². The topological polar surface area (TPSA) is 0 Å². The van der Waals surface area contributed by atoms with Crippen LogP contribution < -0.4 is 0 Å². The van der Waals surface area contributed by atoms with Crippen LogP contribution in [0.5, 0.6) is 0 Å². The Morgan fingerprint density at radius 1 is 0.667 bits per heavy atom. The van der Waals surface area contributed by atoms with Crippen LogP contribution in [0.1, 0.15) is 0 Å². The standard InChI is InChI=1S/C2Br6.CHI3/c3-1(4,5)2(6,7)8;2-1(3)4/h;1H. The van der Waals surface area contributed by atoms with Crippen molar-refractivity contribution in [3.8, 4) is 0 Å². The quantitative estimate of drug-likeness (QED) is 0.178. The summed E-state index contributed by atoms with van der Waals surface area (Å²) in [6.07, 6.45) is 0. The van der Waals surface area contributed by atoms with Crippen molar-refractivity contribution >= 4 is 163 Å². The summed E-state index contributed by atoms with van der Waals surface area (Å²) < 4.78 is -0.00667. The molecule has 0 aliphatic carbocycles. The predicted octanol–water partition coefficient (Wildman–Crippen LogP) is 7.24. The smallest absolute Gasteiger partial charge is 0.0592 e. The molecule has 76 valence electrons. The molecule has 0 fully saturated rings. The molecule has 0 aromatic heterocycles. The maximum absolute atomic E-state index is 3.29. The van der Waals surface area contributed by atoms with E-state index in [-0.39, 0.29) is 4.29 Å². The summed E-state index contributed by atoms with van der Waals surface area (Å²) in [7, 11) is 0. The number of alkyl halides is 9. The van der Waals surface area contributed by atoms with Gasteiger partial charge in [0.15, 0.2) is 4.29 Å². The lowest BCUT2D eigenvalue weighted by atomic mass is 11.0. The van der Waals surface area contributed by atoms with E-state index in [1.165, 1.54) is 0 Å². The van der Waals surface area contributed by atoms with Gasteiger partial charge in [0, 0.05) is 0 Å². The normalized spacial score (nSPS) is 12.5. The van der Waals surface area contributed by atoms with E-state index in [0.29, 0.717) is 0 Å². The molecule has 0 spiro atoms. The van der Waals surface area contributed by atoms with Gasteiger partial charge in [0.1, 0.15) is -0.0619 Å². The van der Waals surface area contributed by atoms with Gasteiger partial charge in [0.2, 0.25) is 0 Å². The van der Waals surface area contributed by atoms with E-state index >= 15 is 0 Å². The van der Waals surface area contributed by atoms with Crippen molar-refractivity contribution < 1.29 is 0 Å². The number of rotatable bonds is 0. The van der Waals surface area contributed by atoms with Gasteiger partial charge in [-0.2, -0.15) is 0 Å². The van der Waals surface area contributed by atoms with Crippen molar-refractivity contribution in [1.29, 1.82) is 0 Å². The lowest BCUT2D eigenvalue weighted by Crippen LogP contribution is -2.19. The molecule has 0 amide bonds. The van der Waals surface area contributed by atoms with E-state index in [2.05, 4.69) is 163 Å². The molecule has 0 saturated carbocycles. The van der Waals surface area contributed by atoms with Gasteiger partial charge in [-0.05, 0) is 0 Å². The van der Waals surface area contributed by atoms with Gasteiger partial charge < -0.3 is 0 Å². The molecular formula is C3HBr6I3. The predicted molar refractivity (Wildman–Crippen MR) is 105 cm³/mol. The summed E-state index contributed by atoms with van der Waals surface area (Å²) in [5.74, 6) is 0. The highest BCUT2D eigenvalue weighted by atomic mass is 127. The summed E-state index contributed by atoms with van der Waals surface area (Å²) in [6, 6.07) is 0. The average Bonchev–Trinajstić information content (AvgIpc) is 1.55. The number of hydrogen-bond acceptors (Lipinski definition) is 0. The molecule has 0 N–H and O–H groups in total. The molecule has 0 saturated heterocycles. The number of halogens is 9. The van der Waals surface area contributed by atoms with Gasteiger partial charge in [-0.25, -0.2) is 0 Å². The summed E-state index contributed by atoms with van der Waals surface area (Å²) in [5.41, 5.74) is 0. The minimum atomic E-state index is -0.375. The molecule has 0 aliphatic heterocycles. The fraction of sp³-hybridized carbons (Fsp3) is 1.00. The van der Waals surface area contributed by atoms with Gasteiger partial charge in [-0.15, -0.1) is 0 Å². The van der Waals surface area contributed by atoms with Crippen molar-refractivity contribution in [2.45, 2.75) is 4.22 Å². The molecule has 0 bridgehead atoms. The monoisotopic (exact) mass is 891 g/mol. The van der Waals surface area contributed by atoms with Crippen molar-refractivity contribution in [3.05, 3.63) is 0 Å². The molecular weight excluding hydrogens is 896 g/mol. The second-order valence-corrected chi connectivity index (χ2v) is 25.7. The molecule has 9 heteroatoms. The first-order valence-corrected chi connectivity index (χ1v) is 10.5.